The summed E-state index contributed by atoms with van der Waals surface area (Å²) in [5.74, 6) is -0.510. The first-order chi connectivity index (χ1) is 9.74. The third-order valence-electron chi connectivity index (χ3n) is 2.66. The van der Waals surface area contributed by atoms with Crippen molar-refractivity contribution in [1.29, 1.82) is 0 Å². The van der Waals surface area contributed by atoms with Crippen LogP contribution in [0.15, 0.2) is 41.1 Å². The van der Waals surface area contributed by atoms with Crippen molar-refractivity contribution < 1.29 is 14.3 Å². The second kappa shape index (κ2) is 4.96. The highest BCUT2D eigenvalue weighted by Crippen LogP contribution is 2.17. The fourth-order valence-electron chi connectivity index (χ4n) is 1.77. The summed E-state index contributed by atoms with van der Waals surface area (Å²) in [6, 6.07) is 7.08. The summed E-state index contributed by atoms with van der Waals surface area (Å²) in [4.78, 5) is 23.6. The number of oxazole rings is 1. The fraction of sp³-hybridized carbons (Fsp3) is 0.0769. The summed E-state index contributed by atoms with van der Waals surface area (Å²) >= 11 is 0. The Labute approximate surface area is 113 Å². The maximum absolute atomic E-state index is 11.2. The molecular weight excluding hydrogens is 260 g/mol. The van der Waals surface area contributed by atoms with Crippen LogP contribution in [0.2, 0.25) is 0 Å². The molecule has 0 amide bonds. The minimum absolute atomic E-state index is 0.129. The van der Waals surface area contributed by atoms with E-state index in [9.17, 15) is 9.90 Å². The molecule has 0 unspecified atom stereocenters. The SMILES string of the molecule is O=C(O)c1nc2ccccc2nc1NCc1ncco1. The first-order valence-corrected chi connectivity index (χ1v) is 5.86. The third kappa shape index (κ3) is 2.28. The Morgan fingerprint density at radius 2 is 2.00 bits per heavy atom. The van der Waals surface area contributed by atoms with Crippen LogP contribution < -0.4 is 5.32 Å². The molecule has 0 aliphatic carbocycles. The normalized spacial score (nSPS) is 10.6. The highest BCUT2D eigenvalue weighted by atomic mass is 16.4. The number of nitrogens with zero attached hydrogens (tertiary/aromatic N) is 3. The smallest absolute Gasteiger partial charge is 0.358 e. The number of hydrogen-bond donors (Lipinski definition) is 2. The number of hydrogen-bond acceptors (Lipinski definition) is 6. The molecule has 0 aliphatic rings. The van der Waals surface area contributed by atoms with Crippen LogP contribution in [0, 0.1) is 0 Å². The van der Waals surface area contributed by atoms with Crippen molar-refractivity contribution in [3.63, 3.8) is 0 Å². The molecule has 2 heterocycles. The predicted molar refractivity (Wildman–Crippen MR) is 70.3 cm³/mol. The Morgan fingerprint density at radius 1 is 1.25 bits per heavy atom. The van der Waals surface area contributed by atoms with Crippen LogP contribution in [0.4, 0.5) is 5.82 Å². The van der Waals surface area contributed by atoms with E-state index < -0.39 is 5.97 Å². The summed E-state index contributed by atoms with van der Waals surface area (Å²) in [7, 11) is 0. The van der Waals surface area contributed by atoms with Crippen LogP contribution in [0.3, 0.4) is 0 Å². The summed E-state index contributed by atoms with van der Waals surface area (Å²) in [5, 5.41) is 12.1. The van der Waals surface area contributed by atoms with Gasteiger partial charge in [0.2, 0.25) is 5.89 Å². The minimum atomic E-state index is -1.14. The number of benzene rings is 1. The van der Waals surface area contributed by atoms with Crippen molar-refractivity contribution in [2.24, 2.45) is 0 Å². The van der Waals surface area contributed by atoms with Gasteiger partial charge in [-0.15, -0.1) is 0 Å². The Morgan fingerprint density at radius 3 is 2.65 bits per heavy atom. The molecule has 2 N–H and O–H groups in total. The molecule has 3 aromatic rings. The number of carboxylic acids is 1. The highest BCUT2D eigenvalue weighted by Gasteiger charge is 2.15. The molecule has 100 valence electrons. The van der Waals surface area contributed by atoms with Gasteiger partial charge < -0.3 is 14.8 Å². The number of carbonyl (C=O) groups is 1. The molecule has 0 bridgehead atoms. The molecule has 7 heteroatoms. The third-order valence-corrected chi connectivity index (χ3v) is 2.66. The van der Waals surface area contributed by atoms with Crippen LogP contribution in [-0.2, 0) is 6.54 Å². The minimum Gasteiger partial charge on any atom is -0.476 e. The maximum atomic E-state index is 11.2. The number of rotatable bonds is 4. The number of aromatic carboxylic acids is 1. The molecule has 0 aliphatic heterocycles. The van der Waals surface area contributed by atoms with Crippen LogP contribution in [0.1, 0.15) is 16.4 Å². The van der Waals surface area contributed by atoms with Crippen LogP contribution in [0.5, 0.6) is 0 Å². The van der Waals surface area contributed by atoms with E-state index in [0.29, 0.717) is 16.9 Å². The van der Waals surface area contributed by atoms with E-state index in [-0.39, 0.29) is 18.1 Å². The number of fused-ring (bicyclic) bond motifs is 1. The van der Waals surface area contributed by atoms with E-state index >= 15 is 0 Å². The molecule has 0 atom stereocenters. The number of para-hydroxylation sites is 2. The topological polar surface area (TPSA) is 101 Å². The summed E-state index contributed by atoms with van der Waals surface area (Å²) in [6.45, 7) is 0.236. The maximum Gasteiger partial charge on any atom is 0.358 e. The van der Waals surface area contributed by atoms with Gasteiger partial charge in [-0.05, 0) is 12.1 Å². The van der Waals surface area contributed by atoms with Crippen molar-refractivity contribution in [2.45, 2.75) is 6.54 Å². The van der Waals surface area contributed by atoms with Gasteiger partial charge in [0.1, 0.15) is 6.26 Å². The van der Waals surface area contributed by atoms with Crippen LogP contribution >= 0.6 is 0 Å². The lowest BCUT2D eigenvalue weighted by Crippen LogP contribution is -2.11. The van der Waals surface area contributed by atoms with E-state index in [1.54, 1.807) is 18.2 Å². The van der Waals surface area contributed by atoms with Crippen LogP contribution in [0.25, 0.3) is 11.0 Å². The van der Waals surface area contributed by atoms with Crippen molar-refractivity contribution >= 4 is 22.8 Å². The van der Waals surface area contributed by atoms with Crippen molar-refractivity contribution in [1.82, 2.24) is 15.0 Å². The number of nitrogens with one attached hydrogen (secondary N) is 1. The van der Waals surface area contributed by atoms with E-state index in [4.69, 9.17) is 4.42 Å². The van der Waals surface area contributed by atoms with Gasteiger partial charge >= 0.3 is 5.97 Å². The zero-order valence-electron chi connectivity index (χ0n) is 10.3. The molecule has 7 nitrogen and oxygen atoms in total. The summed E-state index contributed by atoms with van der Waals surface area (Å²) < 4.78 is 5.07. The Bertz CT molecular complexity index is 755. The first-order valence-electron chi connectivity index (χ1n) is 5.86. The van der Waals surface area contributed by atoms with Gasteiger partial charge in [-0.25, -0.2) is 19.7 Å². The zero-order chi connectivity index (χ0) is 13.9. The molecular formula is C13H10N4O3. The molecule has 1 aromatic carbocycles. The van der Waals surface area contributed by atoms with Crippen molar-refractivity contribution in [3.05, 3.63) is 48.3 Å². The highest BCUT2D eigenvalue weighted by molar-refractivity contribution is 5.93. The second-order valence-corrected chi connectivity index (χ2v) is 3.99. The molecule has 0 spiro atoms. The molecule has 0 saturated heterocycles. The Kier molecular flexibility index (Phi) is 3.00. The molecule has 0 saturated carbocycles. The summed E-state index contributed by atoms with van der Waals surface area (Å²) in [6.07, 6.45) is 2.96. The fourth-order valence-corrected chi connectivity index (χ4v) is 1.77. The Balaban J connectivity index is 1.98. The quantitative estimate of drug-likeness (QED) is 0.746. The number of aromatic nitrogens is 3. The molecule has 0 fully saturated rings. The molecule has 3 rings (SSSR count). The van der Waals surface area contributed by atoms with Crippen LogP contribution in [-0.4, -0.2) is 26.0 Å². The van der Waals surface area contributed by atoms with E-state index in [2.05, 4.69) is 20.3 Å². The second-order valence-electron chi connectivity index (χ2n) is 3.99. The Hall–Kier alpha value is -2.96. The van der Waals surface area contributed by atoms with Crippen molar-refractivity contribution in [2.75, 3.05) is 5.32 Å². The molecule has 0 radical (unpaired) electrons. The van der Waals surface area contributed by atoms with Gasteiger partial charge in [0.25, 0.3) is 0 Å². The monoisotopic (exact) mass is 270 g/mol. The number of carboxylic acid groups (broad SMARTS) is 1. The van der Waals surface area contributed by atoms with Crippen molar-refractivity contribution in [3.8, 4) is 0 Å². The number of anilines is 1. The lowest BCUT2D eigenvalue weighted by Gasteiger charge is -2.07. The standard InChI is InChI=1S/C13H10N4O3/c18-13(19)11-12(15-7-10-14-5-6-20-10)17-9-4-2-1-3-8(9)16-11/h1-6H,7H2,(H,15,17)(H,18,19). The van der Waals surface area contributed by atoms with Gasteiger partial charge in [0.05, 0.1) is 23.8 Å². The largest absolute Gasteiger partial charge is 0.476 e. The average molecular weight is 270 g/mol. The van der Waals surface area contributed by atoms with E-state index in [0.717, 1.165) is 0 Å². The summed E-state index contributed by atoms with van der Waals surface area (Å²) in [5.41, 5.74) is 1.02. The van der Waals surface area contributed by atoms with E-state index in [1.807, 2.05) is 6.07 Å². The predicted octanol–water partition coefficient (Wildman–Crippen LogP) is 1.93. The zero-order valence-corrected chi connectivity index (χ0v) is 10.3. The molecule has 2 aromatic heterocycles. The van der Waals surface area contributed by atoms with Gasteiger partial charge in [0, 0.05) is 0 Å². The average Bonchev–Trinajstić information content (AvgIpc) is 2.97. The van der Waals surface area contributed by atoms with Gasteiger partial charge in [-0.1, -0.05) is 12.1 Å². The van der Waals surface area contributed by atoms with Gasteiger partial charge in [-0.2, -0.15) is 0 Å². The van der Waals surface area contributed by atoms with Gasteiger partial charge in [0.15, 0.2) is 11.5 Å². The first kappa shape index (κ1) is 12.1. The lowest BCUT2D eigenvalue weighted by molar-refractivity contribution is 0.0691. The van der Waals surface area contributed by atoms with Gasteiger partial charge in [-0.3, -0.25) is 0 Å². The van der Waals surface area contributed by atoms with E-state index in [1.165, 1.54) is 12.5 Å². The lowest BCUT2D eigenvalue weighted by atomic mass is 10.3. The molecule has 20 heavy (non-hydrogen) atoms.